The summed E-state index contributed by atoms with van der Waals surface area (Å²) in [5, 5.41) is 5.02. The first-order chi connectivity index (χ1) is 32.3. The van der Waals surface area contributed by atoms with Crippen molar-refractivity contribution in [3.63, 3.8) is 0 Å². The van der Waals surface area contributed by atoms with Crippen LogP contribution in [0.15, 0.2) is 237 Å². The van der Waals surface area contributed by atoms with Gasteiger partial charge in [-0.25, -0.2) is 0 Å². The SMILES string of the molecule is c1ccc(N2c3ccccc3B3c4cc(-c5cccc(-n6c7ccccc7c7ccccc76)c5)ccc4N(c4ccccc4)c4cc(-n5c6ccccc6c6ccccc65)cc2c43)cc1. The molecule has 0 saturated heterocycles. The lowest BCUT2D eigenvalue weighted by Crippen LogP contribution is -2.61. The highest BCUT2D eigenvalue weighted by Crippen LogP contribution is 2.46. The van der Waals surface area contributed by atoms with Crippen molar-refractivity contribution in [1.29, 1.82) is 0 Å². The van der Waals surface area contributed by atoms with Crippen LogP contribution in [0.2, 0.25) is 0 Å². The molecule has 0 radical (unpaired) electrons. The number of para-hydroxylation sites is 7. The third-order valence-electron chi connectivity index (χ3n) is 13.8. The van der Waals surface area contributed by atoms with Gasteiger partial charge in [0.1, 0.15) is 0 Å². The third kappa shape index (κ3) is 5.27. The lowest BCUT2D eigenvalue weighted by Gasteiger charge is -2.44. The topological polar surface area (TPSA) is 16.3 Å². The maximum atomic E-state index is 2.51. The molecule has 302 valence electrons. The van der Waals surface area contributed by atoms with Gasteiger partial charge in [0.15, 0.2) is 0 Å². The van der Waals surface area contributed by atoms with Gasteiger partial charge in [0, 0.05) is 61.4 Å². The number of rotatable bonds is 5. The van der Waals surface area contributed by atoms with Gasteiger partial charge in [0.05, 0.1) is 27.8 Å². The normalized spacial score (nSPS) is 12.8. The van der Waals surface area contributed by atoms with Crippen LogP contribution >= 0.6 is 0 Å². The first kappa shape index (κ1) is 36.0. The van der Waals surface area contributed by atoms with Gasteiger partial charge in [-0.3, -0.25) is 0 Å². The molecule has 14 rings (SSSR count). The molecule has 0 saturated carbocycles. The minimum atomic E-state index is -0.0289. The molecule has 5 heteroatoms. The first-order valence-corrected chi connectivity index (χ1v) is 22.5. The molecule has 2 aromatic heterocycles. The molecule has 0 bridgehead atoms. The first-order valence-electron chi connectivity index (χ1n) is 22.5. The Hall–Kier alpha value is -8.54. The van der Waals surface area contributed by atoms with Crippen LogP contribution in [-0.2, 0) is 0 Å². The van der Waals surface area contributed by atoms with Gasteiger partial charge in [0.25, 0.3) is 6.71 Å². The maximum absolute atomic E-state index is 2.51. The lowest BCUT2D eigenvalue weighted by molar-refractivity contribution is 1.16. The monoisotopic (exact) mass is 826 g/mol. The Morgan fingerprint density at radius 1 is 0.262 bits per heavy atom. The highest BCUT2D eigenvalue weighted by atomic mass is 15.2. The molecule has 0 atom stereocenters. The van der Waals surface area contributed by atoms with Crippen LogP contribution in [0.25, 0.3) is 66.1 Å². The summed E-state index contributed by atoms with van der Waals surface area (Å²) in [5.74, 6) is 0. The van der Waals surface area contributed by atoms with E-state index in [1.54, 1.807) is 0 Å². The summed E-state index contributed by atoms with van der Waals surface area (Å²) >= 11 is 0. The Morgan fingerprint density at radius 3 is 1.25 bits per heavy atom. The Balaban J connectivity index is 1.04. The molecule has 4 heterocycles. The van der Waals surface area contributed by atoms with Crippen LogP contribution in [0, 0.1) is 0 Å². The summed E-state index contributed by atoms with van der Waals surface area (Å²) in [6, 6.07) is 87.1. The largest absolute Gasteiger partial charge is 0.311 e. The highest BCUT2D eigenvalue weighted by Gasteiger charge is 2.44. The molecule has 0 unspecified atom stereocenters. The van der Waals surface area contributed by atoms with Crippen molar-refractivity contribution in [3.8, 4) is 22.5 Å². The minimum absolute atomic E-state index is 0.0289. The number of benzene rings is 10. The summed E-state index contributed by atoms with van der Waals surface area (Å²) in [6.07, 6.45) is 0. The van der Waals surface area contributed by atoms with Crippen LogP contribution in [0.3, 0.4) is 0 Å². The van der Waals surface area contributed by atoms with E-state index in [1.807, 2.05) is 0 Å². The zero-order valence-electron chi connectivity index (χ0n) is 35.4. The predicted octanol–water partition coefficient (Wildman–Crippen LogP) is 13.6. The summed E-state index contributed by atoms with van der Waals surface area (Å²) < 4.78 is 4.88. The maximum Gasteiger partial charge on any atom is 0.252 e. The molecular weight excluding hydrogens is 787 g/mol. The standard InChI is InChI=1S/C60H39BN4/c1-3-19-42(20-4-1)62-56-33-16-11-28-50(56)61-51-37-41(40-18-17-23-44(36-40)64-52-29-12-7-24-46(52)47-25-8-13-30-53(47)64)34-35-57(51)63(43-21-5-2-6-22-43)59-39-45(38-58(62)60(59)61)65-54-31-14-9-26-48(54)49-27-10-15-32-55(49)65/h1-39H. The van der Waals surface area contributed by atoms with Crippen molar-refractivity contribution in [2.75, 3.05) is 9.80 Å². The van der Waals surface area contributed by atoms with E-state index in [4.69, 9.17) is 0 Å². The smallest absolute Gasteiger partial charge is 0.252 e. The van der Waals surface area contributed by atoms with Crippen LogP contribution in [0.1, 0.15) is 0 Å². The van der Waals surface area contributed by atoms with Gasteiger partial charge in [-0.2, -0.15) is 0 Å². The van der Waals surface area contributed by atoms with E-state index in [2.05, 4.69) is 256 Å². The van der Waals surface area contributed by atoms with Gasteiger partial charge >= 0.3 is 0 Å². The van der Waals surface area contributed by atoms with Crippen LogP contribution in [0.4, 0.5) is 34.1 Å². The number of hydrogen-bond donors (Lipinski definition) is 0. The summed E-state index contributed by atoms with van der Waals surface area (Å²) in [6.45, 7) is -0.0289. The van der Waals surface area contributed by atoms with E-state index in [9.17, 15) is 0 Å². The van der Waals surface area contributed by atoms with E-state index < -0.39 is 0 Å². The van der Waals surface area contributed by atoms with Crippen molar-refractivity contribution in [2.45, 2.75) is 0 Å². The molecule has 4 nitrogen and oxygen atoms in total. The molecule has 0 fully saturated rings. The molecule has 65 heavy (non-hydrogen) atoms. The fraction of sp³-hybridized carbons (Fsp3) is 0. The van der Waals surface area contributed by atoms with Crippen molar-refractivity contribution in [3.05, 3.63) is 237 Å². The van der Waals surface area contributed by atoms with Crippen LogP contribution < -0.4 is 26.2 Å². The van der Waals surface area contributed by atoms with Gasteiger partial charge in [0.2, 0.25) is 0 Å². The fourth-order valence-electron chi connectivity index (χ4n) is 11.2. The average Bonchev–Trinajstić information content (AvgIpc) is 3.90. The predicted molar refractivity (Wildman–Crippen MR) is 275 cm³/mol. The lowest BCUT2D eigenvalue weighted by atomic mass is 9.33. The van der Waals surface area contributed by atoms with E-state index in [1.165, 1.54) is 93.9 Å². The van der Waals surface area contributed by atoms with E-state index in [0.29, 0.717) is 0 Å². The number of anilines is 6. The summed E-state index contributed by atoms with van der Waals surface area (Å²) in [4.78, 5) is 5.01. The van der Waals surface area contributed by atoms with Crippen molar-refractivity contribution in [1.82, 2.24) is 9.13 Å². The molecular formula is C60H39BN4. The van der Waals surface area contributed by atoms with Gasteiger partial charge in [-0.05, 0) is 112 Å². The van der Waals surface area contributed by atoms with E-state index in [-0.39, 0.29) is 6.71 Å². The minimum Gasteiger partial charge on any atom is -0.311 e. The molecule has 2 aliphatic rings. The number of fused-ring (bicyclic) bond motifs is 10. The second kappa shape index (κ2) is 14.0. The van der Waals surface area contributed by atoms with Gasteiger partial charge < -0.3 is 18.9 Å². The fourth-order valence-corrected chi connectivity index (χ4v) is 11.2. The highest BCUT2D eigenvalue weighted by molar-refractivity contribution is 7.00. The Labute approximate surface area is 377 Å². The Bertz CT molecular complexity index is 3740. The molecule has 0 amide bonds. The van der Waals surface area contributed by atoms with Crippen molar-refractivity contribution >= 4 is 101 Å². The molecule has 10 aromatic carbocycles. The molecule has 0 spiro atoms. The number of hydrogen-bond acceptors (Lipinski definition) is 2. The zero-order chi connectivity index (χ0) is 42.6. The summed E-state index contributed by atoms with van der Waals surface area (Å²) in [5.41, 5.74) is 20.3. The van der Waals surface area contributed by atoms with Crippen molar-refractivity contribution in [2.24, 2.45) is 0 Å². The van der Waals surface area contributed by atoms with Crippen LogP contribution in [-0.4, -0.2) is 15.8 Å². The number of aromatic nitrogens is 2. The second-order valence-corrected chi connectivity index (χ2v) is 17.3. The summed E-state index contributed by atoms with van der Waals surface area (Å²) in [7, 11) is 0. The molecule has 2 aliphatic heterocycles. The van der Waals surface area contributed by atoms with E-state index >= 15 is 0 Å². The Morgan fingerprint density at radius 2 is 0.692 bits per heavy atom. The van der Waals surface area contributed by atoms with E-state index in [0.717, 1.165) is 22.7 Å². The molecule has 0 N–H and O–H groups in total. The molecule has 0 aliphatic carbocycles. The van der Waals surface area contributed by atoms with Gasteiger partial charge in [-0.1, -0.05) is 152 Å². The number of nitrogens with zero attached hydrogens (tertiary/aromatic N) is 4. The van der Waals surface area contributed by atoms with Crippen molar-refractivity contribution < 1.29 is 0 Å². The average molecular weight is 827 g/mol. The zero-order valence-corrected chi connectivity index (χ0v) is 35.4. The van der Waals surface area contributed by atoms with Gasteiger partial charge in [-0.15, -0.1) is 0 Å². The molecule has 12 aromatic rings. The quantitative estimate of drug-likeness (QED) is 0.161. The van der Waals surface area contributed by atoms with Crippen LogP contribution in [0.5, 0.6) is 0 Å². The third-order valence-corrected chi connectivity index (χ3v) is 13.8. The Kier molecular flexibility index (Phi) is 7.75. The second-order valence-electron chi connectivity index (χ2n) is 17.3.